The summed E-state index contributed by atoms with van der Waals surface area (Å²) in [6.07, 6.45) is 0.305. The first-order chi connectivity index (χ1) is 11.6. The topological polar surface area (TPSA) is 86.3 Å². The number of rotatable bonds is 2. The maximum Gasteiger partial charge on any atom is 0.326 e. The van der Waals surface area contributed by atoms with Crippen molar-refractivity contribution in [2.45, 2.75) is 19.0 Å². The molecule has 2 N–H and O–H groups in total. The highest BCUT2D eigenvalue weighted by molar-refractivity contribution is 6.05. The van der Waals surface area contributed by atoms with Crippen LogP contribution in [-0.2, 0) is 17.8 Å². The number of nitrogens with one attached hydrogen (secondary N) is 1. The first kappa shape index (κ1) is 14.4. The van der Waals surface area contributed by atoms with E-state index in [9.17, 15) is 14.7 Å². The predicted octanol–water partition coefficient (Wildman–Crippen LogP) is 2.21. The fourth-order valence-electron chi connectivity index (χ4n) is 3.22. The Labute approximate surface area is 137 Å². The lowest BCUT2D eigenvalue weighted by atomic mass is 9.93. The highest BCUT2D eigenvalue weighted by atomic mass is 16.4. The Kier molecular flexibility index (Phi) is 3.30. The molecular formula is C18H15N3O3. The van der Waals surface area contributed by atoms with E-state index in [2.05, 4.69) is 10.2 Å². The fraction of sp³-hybridized carbons (Fsp3) is 0.167. The molecule has 120 valence electrons. The van der Waals surface area contributed by atoms with Crippen molar-refractivity contribution in [3.8, 4) is 0 Å². The molecule has 0 fully saturated rings. The van der Waals surface area contributed by atoms with Crippen molar-refractivity contribution in [3.05, 3.63) is 65.4 Å². The number of aromatic amines is 1. The molecule has 1 aromatic heterocycles. The minimum Gasteiger partial charge on any atom is -0.480 e. The van der Waals surface area contributed by atoms with Gasteiger partial charge in [0.1, 0.15) is 6.04 Å². The molecule has 0 spiro atoms. The highest BCUT2D eigenvalue weighted by Gasteiger charge is 2.36. The number of H-pyrrole nitrogens is 1. The molecule has 1 atom stereocenters. The van der Waals surface area contributed by atoms with Gasteiger partial charge in [-0.2, -0.15) is 5.10 Å². The molecule has 0 unspecified atom stereocenters. The third kappa shape index (κ3) is 2.23. The smallest absolute Gasteiger partial charge is 0.326 e. The maximum absolute atomic E-state index is 13.0. The number of hydrogen-bond donors (Lipinski definition) is 2. The Morgan fingerprint density at radius 2 is 1.79 bits per heavy atom. The van der Waals surface area contributed by atoms with Crippen LogP contribution in [0.5, 0.6) is 0 Å². The molecule has 24 heavy (non-hydrogen) atoms. The standard InChI is InChI=1S/C18H15N3O3/c22-17(16-13-7-3-4-8-14(13)19-20-16)21-10-12-6-2-1-5-11(12)9-15(21)18(23)24/h1-8,15H,9-10H2,(H,19,20)(H,23,24)/t15-/m0/s1. The first-order valence-corrected chi connectivity index (χ1v) is 7.69. The molecule has 0 saturated heterocycles. The summed E-state index contributed by atoms with van der Waals surface area (Å²) < 4.78 is 0. The summed E-state index contributed by atoms with van der Waals surface area (Å²) in [6.45, 7) is 0.271. The molecular weight excluding hydrogens is 306 g/mol. The molecule has 0 radical (unpaired) electrons. The number of benzene rings is 2. The van der Waals surface area contributed by atoms with E-state index in [1.54, 1.807) is 6.07 Å². The van der Waals surface area contributed by atoms with Crippen LogP contribution in [0.15, 0.2) is 48.5 Å². The van der Waals surface area contributed by atoms with Gasteiger partial charge in [-0.25, -0.2) is 4.79 Å². The zero-order chi connectivity index (χ0) is 16.7. The van der Waals surface area contributed by atoms with Crippen LogP contribution in [0, 0.1) is 0 Å². The van der Waals surface area contributed by atoms with Gasteiger partial charge in [0.15, 0.2) is 5.69 Å². The number of carboxylic acids is 1. The minimum atomic E-state index is -1.00. The van der Waals surface area contributed by atoms with Crippen molar-refractivity contribution in [1.29, 1.82) is 0 Å². The number of carbonyl (C=O) groups is 2. The van der Waals surface area contributed by atoms with Crippen LogP contribution < -0.4 is 0 Å². The number of aliphatic carboxylic acids is 1. The SMILES string of the molecule is O=C(O)[C@@H]1Cc2ccccc2CN1C(=O)c1n[nH]c2ccccc12. The van der Waals surface area contributed by atoms with Gasteiger partial charge < -0.3 is 10.0 Å². The van der Waals surface area contributed by atoms with Gasteiger partial charge in [0.05, 0.1) is 5.52 Å². The summed E-state index contributed by atoms with van der Waals surface area (Å²) in [4.78, 5) is 26.1. The zero-order valence-electron chi connectivity index (χ0n) is 12.8. The van der Waals surface area contributed by atoms with E-state index in [0.717, 1.165) is 16.6 Å². The summed E-state index contributed by atoms with van der Waals surface area (Å²) in [6, 6.07) is 14.1. The summed E-state index contributed by atoms with van der Waals surface area (Å²) in [5.74, 6) is -1.37. The van der Waals surface area contributed by atoms with Crippen molar-refractivity contribution in [1.82, 2.24) is 15.1 Å². The molecule has 0 saturated carbocycles. The van der Waals surface area contributed by atoms with Crippen LogP contribution in [-0.4, -0.2) is 38.1 Å². The van der Waals surface area contributed by atoms with E-state index >= 15 is 0 Å². The lowest BCUT2D eigenvalue weighted by Crippen LogP contribution is -2.48. The number of fused-ring (bicyclic) bond motifs is 2. The summed E-state index contributed by atoms with van der Waals surface area (Å²) in [7, 11) is 0. The largest absolute Gasteiger partial charge is 0.480 e. The van der Waals surface area contributed by atoms with Crippen LogP contribution in [0.25, 0.3) is 10.9 Å². The number of carbonyl (C=O) groups excluding carboxylic acids is 1. The first-order valence-electron chi connectivity index (χ1n) is 7.69. The Bertz CT molecular complexity index is 947. The number of aromatic nitrogens is 2. The van der Waals surface area contributed by atoms with E-state index in [4.69, 9.17) is 0 Å². The summed E-state index contributed by atoms with van der Waals surface area (Å²) in [5.41, 5.74) is 2.96. The fourth-order valence-corrected chi connectivity index (χ4v) is 3.22. The molecule has 0 aliphatic carbocycles. The summed E-state index contributed by atoms with van der Waals surface area (Å²) >= 11 is 0. The Hall–Kier alpha value is -3.15. The van der Waals surface area contributed by atoms with Gasteiger partial charge >= 0.3 is 5.97 Å². The van der Waals surface area contributed by atoms with E-state index in [0.29, 0.717) is 11.8 Å². The average Bonchev–Trinajstić information content (AvgIpc) is 3.04. The lowest BCUT2D eigenvalue weighted by Gasteiger charge is -2.34. The average molecular weight is 321 g/mol. The van der Waals surface area contributed by atoms with E-state index in [-0.39, 0.29) is 18.1 Å². The van der Waals surface area contributed by atoms with Gasteiger partial charge in [0.25, 0.3) is 5.91 Å². The van der Waals surface area contributed by atoms with Crippen molar-refractivity contribution in [2.75, 3.05) is 0 Å². The Balaban J connectivity index is 1.76. The van der Waals surface area contributed by atoms with Gasteiger partial charge in [-0.05, 0) is 17.2 Å². The highest BCUT2D eigenvalue weighted by Crippen LogP contribution is 2.26. The number of amides is 1. The monoisotopic (exact) mass is 321 g/mol. The number of hydrogen-bond acceptors (Lipinski definition) is 3. The molecule has 3 aromatic rings. The summed E-state index contributed by atoms with van der Waals surface area (Å²) in [5, 5.41) is 17.2. The van der Waals surface area contributed by atoms with Crippen molar-refractivity contribution >= 4 is 22.8 Å². The molecule has 1 aliphatic heterocycles. The number of carboxylic acid groups (broad SMARTS) is 1. The number of para-hydroxylation sites is 1. The van der Waals surface area contributed by atoms with Crippen LogP contribution in [0.3, 0.4) is 0 Å². The van der Waals surface area contributed by atoms with Gasteiger partial charge in [0.2, 0.25) is 0 Å². The minimum absolute atomic E-state index is 0.260. The molecule has 2 aromatic carbocycles. The second-order valence-corrected chi connectivity index (χ2v) is 5.88. The molecule has 6 nitrogen and oxygen atoms in total. The third-order valence-electron chi connectivity index (χ3n) is 4.47. The molecule has 0 bridgehead atoms. The number of nitrogens with zero attached hydrogens (tertiary/aromatic N) is 2. The van der Waals surface area contributed by atoms with Crippen LogP contribution in [0.2, 0.25) is 0 Å². The molecule has 6 heteroatoms. The lowest BCUT2D eigenvalue weighted by molar-refractivity contribution is -0.142. The van der Waals surface area contributed by atoms with E-state index in [1.165, 1.54) is 4.90 Å². The van der Waals surface area contributed by atoms with Gasteiger partial charge in [0, 0.05) is 18.4 Å². The maximum atomic E-state index is 13.0. The van der Waals surface area contributed by atoms with Gasteiger partial charge in [-0.15, -0.1) is 0 Å². The van der Waals surface area contributed by atoms with Crippen molar-refractivity contribution in [3.63, 3.8) is 0 Å². The second kappa shape index (κ2) is 5.49. The molecule has 1 amide bonds. The third-order valence-corrected chi connectivity index (χ3v) is 4.47. The quantitative estimate of drug-likeness (QED) is 0.758. The second-order valence-electron chi connectivity index (χ2n) is 5.88. The van der Waals surface area contributed by atoms with Gasteiger partial charge in [-0.3, -0.25) is 9.89 Å². The Morgan fingerprint density at radius 3 is 2.58 bits per heavy atom. The Morgan fingerprint density at radius 1 is 1.08 bits per heavy atom. The normalized spacial score (nSPS) is 16.8. The van der Waals surface area contributed by atoms with Crippen LogP contribution in [0.1, 0.15) is 21.6 Å². The van der Waals surface area contributed by atoms with E-state index in [1.807, 2.05) is 42.5 Å². The molecule has 4 rings (SSSR count). The van der Waals surface area contributed by atoms with E-state index < -0.39 is 12.0 Å². The zero-order valence-corrected chi connectivity index (χ0v) is 12.8. The van der Waals surface area contributed by atoms with Crippen molar-refractivity contribution in [2.24, 2.45) is 0 Å². The van der Waals surface area contributed by atoms with Crippen LogP contribution >= 0.6 is 0 Å². The molecule has 2 heterocycles. The van der Waals surface area contributed by atoms with Crippen molar-refractivity contribution < 1.29 is 14.7 Å². The molecule has 1 aliphatic rings. The van der Waals surface area contributed by atoms with Gasteiger partial charge in [-0.1, -0.05) is 42.5 Å². The van der Waals surface area contributed by atoms with Crippen LogP contribution in [0.4, 0.5) is 0 Å². The predicted molar refractivity (Wildman–Crippen MR) is 87.5 cm³/mol.